The minimum Gasteiger partial charge on any atom is -0.319 e. The SMILES string of the molecule is Cn1ccc(C(N)c2cccc(S(C)(=O)=O)c2)n1. The predicted molar refractivity (Wildman–Crippen MR) is 68.8 cm³/mol. The van der Waals surface area contributed by atoms with Crippen molar-refractivity contribution in [3.05, 3.63) is 47.8 Å². The highest BCUT2D eigenvalue weighted by Gasteiger charge is 2.14. The van der Waals surface area contributed by atoms with Crippen molar-refractivity contribution >= 4 is 9.84 Å². The van der Waals surface area contributed by atoms with Crippen LogP contribution in [-0.4, -0.2) is 24.5 Å². The summed E-state index contributed by atoms with van der Waals surface area (Å²) in [6.45, 7) is 0. The second kappa shape index (κ2) is 4.55. The maximum atomic E-state index is 11.5. The lowest BCUT2D eigenvalue weighted by Crippen LogP contribution is -2.13. The van der Waals surface area contributed by atoms with E-state index in [1.165, 1.54) is 6.26 Å². The molecule has 5 nitrogen and oxygen atoms in total. The molecule has 1 unspecified atom stereocenters. The largest absolute Gasteiger partial charge is 0.319 e. The van der Waals surface area contributed by atoms with Crippen molar-refractivity contribution < 1.29 is 8.42 Å². The summed E-state index contributed by atoms with van der Waals surface area (Å²) in [5.74, 6) is 0. The van der Waals surface area contributed by atoms with E-state index in [0.29, 0.717) is 5.69 Å². The molecule has 1 aromatic heterocycles. The molecule has 0 spiro atoms. The molecule has 2 rings (SSSR count). The Kier molecular flexibility index (Phi) is 3.23. The Hall–Kier alpha value is -1.66. The van der Waals surface area contributed by atoms with Crippen molar-refractivity contribution in [1.82, 2.24) is 9.78 Å². The number of hydrogen-bond acceptors (Lipinski definition) is 4. The molecule has 0 saturated carbocycles. The highest BCUT2D eigenvalue weighted by Crippen LogP contribution is 2.20. The van der Waals surface area contributed by atoms with Crippen molar-refractivity contribution in [3.8, 4) is 0 Å². The average Bonchev–Trinajstić information content (AvgIpc) is 2.74. The molecule has 0 fully saturated rings. The van der Waals surface area contributed by atoms with Crippen LogP contribution in [0.2, 0.25) is 0 Å². The van der Waals surface area contributed by atoms with Crippen LogP contribution >= 0.6 is 0 Å². The molecular formula is C12H15N3O2S. The van der Waals surface area contributed by atoms with Crippen LogP contribution in [0.25, 0.3) is 0 Å². The molecule has 18 heavy (non-hydrogen) atoms. The maximum Gasteiger partial charge on any atom is 0.175 e. The Labute approximate surface area is 106 Å². The first-order chi connectivity index (χ1) is 8.38. The van der Waals surface area contributed by atoms with Crippen LogP contribution in [-0.2, 0) is 16.9 Å². The van der Waals surface area contributed by atoms with Gasteiger partial charge in [0.05, 0.1) is 16.6 Å². The van der Waals surface area contributed by atoms with Crippen molar-refractivity contribution in [2.24, 2.45) is 12.8 Å². The standard InChI is InChI=1S/C12H15N3O2S/c1-15-7-6-11(14-15)12(13)9-4-3-5-10(8-9)18(2,16)17/h3-8,12H,13H2,1-2H3. The Morgan fingerprint density at radius 2 is 2.06 bits per heavy atom. The van der Waals surface area contributed by atoms with Crippen LogP contribution in [0, 0.1) is 0 Å². The summed E-state index contributed by atoms with van der Waals surface area (Å²) in [5.41, 5.74) is 7.52. The van der Waals surface area contributed by atoms with Crippen LogP contribution < -0.4 is 5.73 Å². The molecule has 2 N–H and O–H groups in total. The summed E-state index contributed by atoms with van der Waals surface area (Å²) in [5, 5.41) is 4.22. The smallest absolute Gasteiger partial charge is 0.175 e. The maximum absolute atomic E-state index is 11.5. The van der Waals surface area contributed by atoms with E-state index in [-0.39, 0.29) is 4.90 Å². The van der Waals surface area contributed by atoms with Crippen LogP contribution in [0.3, 0.4) is 0 Å². The van der Waals surface area contributed by atoms with Gasteiger partial charge in [-0.3, -0.25) is 4.68 Å². The summed E-state index contributed by atoms with van der Waals surface area (Å²) in [6, 6.07) is 8.03. The van der Waals surface area contributed by atoms with Gasteiger partial charge in [-0.25, -0.2) is 8.42 Å². The Balaban J connectivity index is 2.40. The molecule has 0 radical (unpaired) electrons. The molecule has 1 atom stereocenters. The van der Waals surface area contributed by atoms with E-state index in [1.54, 1.807) is 35.1 Å². The number of hydrogen-bond donors (Lipinski definition) is 1. The highest BCUT2D eigenvalue weighted by atomic mass is 32.2. The molecule has 0 amide bonds. The zero-order chi connectivity index (χ0) is 13.3. The number of aromatic nitrogens is 2. The van der Waals surface area contributed by atoms with Crippen molar-refractivity contribution in [1.29, 1.82) is 0 Å². The lowest BCUT2D eigenvalue weighted by Gasteiger charge is -2.10. The van der Waals surface area contributed by atoms with Gasteiger partial charge >= 0.3 is 0 Å². The molecule has 2 aromatic rings. The van der Waals surface area contributed by atoms with Gasteiger partial charge in [-0.2, -0.15) is 5.10 Å². The molecule has 0 aliphatic carbocycles. The molecule has 1 aromatic carbocycles. The van der Waals surface area contributed by atoms with Crippen LogP contribution in [0.4, 0.5) is 0 Å². The number of sulfone groups is 1. The number of nitrogens with two attached hydrogens (primary N) is 1. The van der Waals surface area contributed by atoms with Gasteiger partial charge in [0.1, 0.15) is 0 Å². The first kappa shape index (κ1) is 12.8. The summed E-state index contributed by atoms with van der Waals surface area (Å²) >= 11 is 0. The minimum atomic E-state index is -3.22. The first-order valence-corrected chi connectivity index (χ1v) is 7.32. The molecule has 1 heterocycles. The van der Waals surface area contributed by atoms with E-state index in [2.05, 4.69) is 5.10 Å². The molecule has 96 valence electrons. The van der Waals surface area contributed by atoms with Crippen LogP contribution in [0.15, 0.2) is 41.4 Å². The third kappa shape index (κ3) is 2.60. The third-order valence-corrected chi connectivity index (χ3v) is 3.81. The van der Waals surface area contributed by atoms with Crippen molar-refractivity contribution in [2.45, 2.75) is 10.9 Å². The quantitative estimate of drug-likeness (QED) is 0.893. The lowest BCUT2D eigenvalue weighted by molar-refractivity contribution is 0.601. The van der Waals surface area contributed by atoms with E-state index in [9.17, 15) is 8.42 Å². The minimum absolute atomic E-state index is 0.270. The van der Waals surface area contributed by atoms with Gasteiger partial charge in [0.2, 0.25) is 0 Å². The summed E-state index contributed by atoms with van der Waals surface area (Å²) in [7, 11) is -1.41. The average molecular weight is 265 g/mol. The van der Waals surface area contributed by atoms with Gasteiger partial charge in [-0.1, -0.05) is 12.1 Å². The number of benzene rings is 1. The van der Waals surface area contributed by atoms with E-state index in [0.717, 1.165) is 5.56 Å². The second-order valence-corrected chi connectivity index (χ2v) is 6.25. The fourth-order valence-electron chi connectivity index (χ4n) is 1.71. The van der Waals surface area contributed by atoms with Gasteiger partial charge < -0.3 is 5.73 Å². The zero-order valence-electron chi connectivity index (χ0n) is 10.2. The van der Waals surface area contributed by atoms with Crippen LogP contribution in [0.1, 0.15) is 17.3 Å². The molecular weight excluding hydrogens is 250 g/mol. The van der Waals surface area contributed by atoms with E-state index in [1.807, 2.05) is 13.1 Å². The fourth-order valence-corrected chi connectivity index (χ4v) is 2.38. The summed E-state index contributed by atoms with van der Waals surface area (Å²) in [6.07, 6.45) is 2.98. The van der Waals surface area contributed by atoms with Gasteiger partial charge in [0.25, 0.3) is 0 Å². The van der Waals surface area contributed by atoms with E-state index >= 15 is 0 Å². The number of nitrogens with zero attached hydrogens (tertiary/aromatic N) is 2. The monoisotopic (exact) mass is 265 g/mol. The van der Waals surface area contributed by atoms with Crippen LogP contribution in [0.5, 0.6) is 0 Å². The highest BCUT2D eigenvalue weighted by molar-refractivity contribution is 7.90. The van der Waals surface area contributed by atoms with Gasteiger partial charge in [-0.15, -0.1) is 0 Å². The van der Waals surface area contributed by atoms with Crippen molar-refractivity contribution in [3.63, 3.8) is 0 Å². The Morgan fingerprint density at radius 1 is 1.33 bits per heavy atom. The normalized spacial score (nSPS) is 13.5. The Bertz CT molecular complexity index is 661. The molecule has 0 bridgehead atoms. The van der Waals surface area contributed by atoms with Gasteiger partial charge in [-0.05, 0) is 23.8 Å². The van der Waals surface area contributed by atoms with E-state index < -0.39 is 15.9 Å². The summed E-state index contributed by atoms with van der Waals surface area (Å²) in [4.78, 5) is 0.270. The lowest BCUT2D eigenvalue weighted by atomic mass is 10.1. The van der Waals surface area contributed by atoms with E-state index in [4.69, 9.17) is 5.73 Å². The molecule has 0 aliphatic rings. The van der Waals surface area contributed by atoms with Gasteiger partial charge in [0.15, 0.2) is 9.84 Å². The second-order valence-electron chi connectivity index (χ2n) is 4.24. The topological polar surface area (TPSA) is 78.0 Å². The number of aryl methyl sites for hydroxylation is 1. The van der Waals surface area contributed by atoms with Crippen molar-refractivity contribution in [2.75, 3.05) is 6.26 Å². The fraction of sp³-hybridized carbons (Fsp3) is 0.250. The Morgan fingerprint density at radius 3 is 2.61 bits per heavy atom. The molecule has 6 heteroatoms. The molecule has 0 saturated heterocycles. The third-order valence-electron chi connectivity index (χ3n) is 2.70. The predicted octanol–water partition coefficient (Wildman–Crippen LogP) is 0.872. The van der Waals surface area contributed by atoms with Gasteiger partial charge in [0, 0.05) is 19.5 Å². The zero-order valence-corrected chi connectivity index (χ0v) is 11.1. The number of rotatable bonds is 3. The summed E-state index contributed by atoms with van der Waals surface area (Å²) < 4.78 is 24.6. The first-order valence-electron chi connectivity index (χ1n) is 5.43. The molecule has 0 aliphatic heterocycles.